The Kier molecular flexibility index (Phi) is 7.01. The Labute approximate surface area is 171 Å². The van der Waals surface area contributed by atoms with E-state index in [4.69, 9.17) is 4.74 Å². The second-order valence-corrected chi connectivity index (χ2v) is 9.49. The molecule has 0 bridgehead atoms. The predicted octanol–water partition coefficient (Wildman–Crippen LogP) is 3.88. The molecule has 28 heavy (non-hydrogen) atoms. The normalized spacial score (nSPS) is 11.2. The van der Waals surface area contributed by atoms with Crippen molar-refractivity contribution in [1.82, 2.24) is 4.90 Å². The third-order valence-electron chi connectivity index (χ3n) is 4.44. The van der Waals surface area contributed by atoms with Gasteiger partial charge >= 0.3 is 0 Å². The van der Waals surface area contributed by atoms with Crippen LogP contribution in [0, 0.1) is 6.92 Å². The summed E-state index contributed by atoms with van der Waals surface area (Å²) in [5, 5.41) is 0. The van der Waals surface area contributed by atoms with Crippen LogP contribution in [-0.4, -0.2) is 45.8 Å². The van der Waals surface area contributed by atoms with Gasteiger partial charge in [-0.2, -0.15) is 0 Å². The smallest absolute Gasteiger partial charge is 0.231 e. The number of hydrogen-bond acceptors (Lipinski definition) is 5. The molecule has 0 N–H and O–H groups in total. The third-order valence-corrected chi connectivity index (χ3v) is 6.55. The molecule has 8 heteroatoms. The molecule has 2 aromatic carbocycles. The maximum Gasteiger partial charge on any atom is 0.231 e. The van der Waals surface area contributed by atoms with Gasteiger partial charge in [-0.05, 0) is 55.1 Å². The Hall–Kier alpha value is -2.19. The van der Waals surface area contributed by atoms with Crippen molar-refractivity contribution >= 4 is 33.4 Å². The van der Waals surface area contributed by atoms with Crippen molar-refractivity contribution in [2.24, 2.45) is 0 Å². The largest absolute Gasteiger partial charge is 0.457 e. The number of carbonyl (C=O) groups is 1. The molecule has 0 aliphatic carbocycles. The molecule has 152 valence electrons. The van der Waals surface area contributed by atoms with E-state index in [9.17, 15) is 13.2 Å². The standard InChI is InChI=1S/C20H26N2O4S2/c1-14-11-18(8-10-20(14)27-5)26-19-9-7-17(22(4)28(6,24)25)12-16(19)13-21(3)15(2)23/h7-12H,13H2,1-6H3. The van der Waals surface area contributed by atoms with Gasteiger partial charge < -0.3 is 9.64 Å². The Morgan fingerprint density at radius 3 is 2.36 bits per heavy atom. The average molecular weight is 423 g/mol. The lowest BCUT2D eigenvalue weighted by atomic mass is 10.1. The van der Waals surface area contributed by atoms with E-state index in [0.29, 0.717) is 23.7 Å². The molecular weight excluding hydrogens is 396 g/mol. The van der Waals surface area contributed by atoms with Gasteiger partial charge in [0.1, 0.15) is 11.5 Å². The number of amides is 1. The minimum absolute atomic E-state index is 0.0898. The third kappa shape index (κ3) is 5.42. The van der Waals surface area contributed by atoms with Crippen molar-refractivity contribution in [3.8, 4) is 11.5 Å². The first kappa shape index (κ1) is 22.1. The van der Waals surface area contributed by atoms with E-state index in [2.05, 4.69) is 0 Å². The van der Waals surface area contributed by atoms with Crippen LogP contribution < -0.4 is 9.04 Å². The maximum absolute atomic E-state index is 11.9. The molecule has 0 atom stereocenters. The SMILES string of the molecule is CSc1ccc(Oc2ccc(N(C)S(C)(=O)=O)cc2CN(C)C(C)=O)cc1C. The zero-order valence-corrected chi connectivity index (χ0v) is 18.6. The second-order valence-electron chi connectivity index (χ2n) is 6.63. The predicted molar refractivity (Wildman–Crippen MR) is 115 cm³/mol. The van der Waals surface area contributed by atoms with Crippen LogP contribution in [-0.2, 0) is 21.4 Å². The van der Waals surface area contributed by atoms with Crippen molar-refractivity contribution in [3.63, 3.8) is 0 Å². The fraction of sp³-hybridized carbons (Fsp3) is 0.350. The molecule has 0 aliphatic rings. The van der Waals surface area contributed by atoms with Crippen molar-refractivity contribution < 1.29 is 17.9 Å². The number of anilines is 1. The summed E-state index contributed by atoms with van der Waals surface area (Å²) in [6.45, 7) is 3.81. The molecule has 1 amide bonds. The van der Waals surface area contributed by atoms with Gasteiger partial charge in [-0.3, -0.25) is 9.10 Å². The number of thioether (sulfide) groups is 1. The first-order valence-electron chi connectivity index (χ1n) is 8.64. The monoisotopic (exact) mass is 422 g/mol. The highest BCUT2D eigenvalue weighted by atomic mass is 32.2. The fourth-order valence-electron chi connectivity index (χ4n) is 2.58. The highest BCUT2D eigenvalue weighted by Gasteiger charge is 2.17. The highest BCUT2D eigenvalue weighted by Crippen LogP contribution is 2.32. The highest BCUT2D eigenvalue weighted by molar-refractivity contribution is 7.98. The van der Waals surface area contributed by atoms with Crippen LogP contribution in [0.15, 0.2) is 41.3 Å². The topological polar surface area (TPSA) is 66.9 Å². The molecule has 0 saturated carbocycles. The lowest BCUT2D eigenvalue weighted by molar-refractivity contribution is -0.128. The van der Waals surface area contributed by atoms with E-state index >= 15 is 0 Å². The maximum atomic E-state index is 11.9. The number of benzene rings is 2. The van der Waals surface area contributed by atoms with Crippen molar-refractivity contribution in [2.45, 2.75) is 25.3 Å². The first-order valence-corrected chi connectivity index (χ1v) is 11.7. The van der Waals surface area contributed by atoms with E-state index in [1.54, 1.807) is 41.9 Å². The number of ether oxygens (including phenoxy) is 1. The summed E-state index contributed by atoms with van der Waals surface area (Å²) < 4.78 is 31.0. The van der Waals surface area contributed by atoms with E-state index in [1.165, 1.54) is 23.2 Å². The van der Waals surface area contributed by atoms with Gasteiger partial charge in [0.2, 0.25) is 15.9 Å². The van der Waals surface area contributed by atoms with E-state index < -0.39 is 10.0 Å². The van der Waals surface area contributed by atoms with Gasteiger partial charge in [-0.25, -0.2) is 8.42 Å². The summed E-state index contributed by atoms with van der Waals surface area (Å²) >= 11 is 1.67. The van der Waals surface area contributed by atoms with Gasteiger partial charge in [-0.15, -0.1) is 11.8 Å². The summed E-state index contributed by atoms with van der Waals surface area (Å²) in [6, 6.07) is 11.0. The summed E-state index contributed by atoms with van der Waals surface area (Å²) in [5.41, 5.74) is 2.34. The van der Waals surface area contributed by atoms with Gasteiger partial charge in [0.25, 0.3) is 0 Å². The van der Waals surface area contributed by atoms with E-state index in [-0.39, 0.29) is 5.91 Å². The number of hydrogen-bond donors (Lipinski definition) is 0. The first-order chi connectivity index (χ1) is 13.0. The van der Waals surface area contributed by atoms with Gasteiger partial charge in [0.05, 0.1) is 11.9 Å². The average Bonchev–Trinajstić information content (AvgIpc) is 2.61. The van der Waals surface area contributed by atoms with Crippen LogP contribution in [0.4, 0.5) is 5.69 Å². The minimum atomic E-state index is -3.39. The number of carbonyl (C=O) groups excluding carboxylic acids is 1. The summed E-state index contributed by atoms with van der Waals surface area (Å²) in [6.07, 6.45) is 3.17. The number of sulfonamides is 1. The lowest BCUT2D eigenvalue weighted by Crippen LogP contribution is -2.26. The van der Waals surface area contributed by atoms with Crippen LogP contribution in [0.1, 0.15) is 18.1 Å². The Bertz CT molecular complexity index is 974. The lowest BCUT2D eigenvalue weighted by Gasteiger charge is -2.22. The van der Waals surface area contributed by atoms with Crippen molar-refractivity contribution in [2.75, 3.05) is 30.9 Å². The van der Waals surface area contributed by atoms with Crippen LogP contribution in [0.25, 0.3) is 0 Å². The van der Waals surface area contributed by atoms with E-state index in [0.717, 1.165) is 17.4 Å². The summed E-state index contributed by atoms with van der Waals surface area (Å²) in [7, 11) is -0.208. The van der Waals surface area contributed by atoms with E-state index in [1.807, 2.05) is 31.4 Å². The summed E-state index contributed by atoms with van der Waals surface area (Å²) in [4.78, 5) is 14.4. The molecule has 0 aliphatic heterocycles. The quantitative estimate of drug-likeness (QED) is 0.634. The molecule has 0 aromatic heterocycles. The Morgan fingerprint density at radius 2 is 1.82 bits per heavy atom. The second kappa shape index (κ2) is 8.87. The molecule has 0 spiro atoms. The number of nitrogens with zero attached hydrogens (tertiary/aromatic N) is 2. The molecular formula is C20H26N2O4S2. The zero-order valence-electron chi connectivity index (χ0n) is 17.0. The van der Waals surface area contributed by atoms with Crippen LogP contribution >= 0.6 is 11.8 Å². The zero-order chi connectivity index (χ0) is 21.1. The molecule has 0 saturated heterocycles. The molecule has 0 unspecified atom stereocenters. The van der Waals surface area contributed by atoms with Gasteiger partial charge in [0, 0.05) is 38.0 Å². The molecule has 2 rings (SSSR count). The van der Waals surface area contributed by atoms with Gasteiger partial charge in [0.15, 0.2) is 0 Å². The van der Waals surface area contributed by atoms with Gasteiger partial charge in [-0.1, -0.05) is 0 Å². The Morgan fingerprint density at radius 1 is 1.14 bits per heavy atom. The fourth-order valence-corrected chi connectivity index (χ4v) is 3.67. The van der Waals surface area contributed by atoms with Crippen molar-refractivity contribution in [3.05, 3.63) is 47.5 Å². The molecule has 0 fully saturated rings. The number of rotatable bonds is 7. The van der Waals surface area contributed by atoms with Crippen molar-refractivity contribution in [1.29, 1.82) is 0 Å². The number of aryl methyl sites for hydroxylation is 1. The molecule has 6 nitrogen and oxygen atoms in total. The minimum Gasteiger partial charge on any atom is -0.457 e. The van der Waals surface area contributed by atoms with Crippen LogP contribution in [0.3, 0.4) is 0 Å². The molecule has 0 heterocycles. The Balaban J connectivity index is 2.44. The van der Waals surface area contributed by atoms with Crippen LogP contribution in [0.2, 0.25) is 0 Å². The molecule has 0 radical (unpaired) electrons. The van der Waals surface area contributed by atoms with Crippen LogP contribution in [0.5, 0.6) is 11.5 Å². The summed E-state index contributed by atoms with van der Waals surface area (Å²) in [5.74, 6) is 1.18. The molecule has 2 aromatic rings.